The normalized spacial score (nSPS) is 30.7. The standard InChI is InChI=1S/C10H21NO2/c1-8(7-13-2)11-6-9-4-3-5-10(9)12/h8-12H,3-7H2,1-2H3. The summed E-state index contributed by atoms with van der Waals surface area (Å²) in [4.78, 5) is 0. The van der Waals surface area contributed by atoms with Crippen molar-refractivity contribution < 1.29 is 9.84 Å². The van der Waals surface area contributed by atoms with Gasteiger partial charge < -0.3 is 15.2 Å². The molecule has 0 amide bonds. The van der Waals surface area contributed by atoms with Gasteiger partial charge in [-0.1, -0.05) is 6.42 Å². The van der Waals surface area contributed by atoms with Crippen LogP contribution >= 0.6 is 0 Å². The van der Waals surface area contributed by atoms with Gasteiger partial charge >= 0.3 is 0 Å². The number of aliphatic hydroxyl groups is 1. The zero-order valence-corrected chi connectivity index (χ0v) is 8.62. The number of rotatable bonds is 5. The van der Waals surface area contributed by atoms with Crippen molar-refractivity contribution in [3.63, 3.8) is 0 Å². The summed E-state index contributed by atoms with van der Waals surface area (Å²) in [7, 11) is 1.71. The molecule has 1 aliphatic rings. The van der Waals surface area contributed by atoms with E-state index in [1.807, 2.05) is 0 Å². The van der Waals surface area contributed by atoms with Gasteiger partial charge in [-0.3, -0.25) is 0 Å². The lowest BCUT2D eigenvalue weighted by Gasteiger charge is -2.18. The zero-order valence-electron chi connectivity index (χ0n) is 8.62. The summed E-state index contributed by atoms with van der Waals surface area (Å²) in [6.45, 7) is 3.76. The molecule has 0 radical (unpaired) electrons. The highest BCUT2D eigenvalue weighted by molar-refractivity contribution is 4.79. The molecule has 3 heteroatoms. The lowest BCUT2D eigenvalue weighted by atomic mass is 10.1. The first-order valence-corrected chi connectivity index (χ1v) is 5.14. The second-order valence-corrected chi connectivity index (χ2v) is 4.02. The Kier molecular flexibility index (Phi) is 4.70. The van der Waals surface area contributed by atoms with Crippen LogP contribution in [-0.2, 0) is 4.74 Å². The third-order valence-electron chi connectivity index (χ3n) is 2.76. The van der Waals surface area contributed by atoms with Crippen molar-refractivity contribution in [2.75, 3.05) is 20.3 Å². The minimum atomic E-state index is -0.0813. The van der Waals surface area contributed by atoms with Gasteiger partial charge in [0.25, 0.3) is 0 Å². The van der Waals surface area contributed by atoms with Gasteiger partial charge in [0.15, 0.2) is 0 Å². The van der Waals surface area contributed by atoms with Gasteiger partial charge in [-0.2, -0.15) is 0 Å². The molecule has 0 saturated heterocycles. The third kappa shape index (κ3) is 3.63. The molecule has 2 N–H and O–H groups in total. The van der Waals surface area contributed by atoms with Gasteiger partial charge in [0.05, 0.1) is 12.7 Å². The fourth-order valence-corrected chi connectivity index (χ4v) is 1.92. The van der Waals surface area contributed by atoms with Crippen LogP contribution in [0.5, 0.6) is 0 Å². The van der Waals surface area contributed by atoms with Crippen molar-refractivity contribution in [1.82, 2.24) is 5.32 Å². The Labute approximate surface area is 80.5 Å². The Hall–Kier alpha value is -0.120. The van der Waals surface area contributed by atoms with Gasteiger partial charge in [0, 0.05) is 19.7 Å². The van der Waals surface area contributed by atoms with E-state index in [-0.39, 0.29) is 6.10 Å². The largest absolute Gasteiger partial charge is 0.393 e. The Morgan fingerprint density at radius 1 is 1.54 bits per heavy atom. The van der Waals surface area contributed by atoms with E-state index < -0.39 is 0 Å². The van der Waals surface area contributed by atoms with E-state index in [0.29, 0.717) is 12.0 Å². The highest BCUT2D eigenvalue weighted by atomic mass is 16.5. The third-order valence-corrected chi connectivity index (χ3v) is 2.76. The minimum Gasteiger partial charge on any atom is -0.393 e. The summed E-state index contributed by atoms with van der Waals surface area (Å²) in [5, 5.41) is 12.9. The Morgan fingerprint density at radius 2 is 2.31 bits per heavy atom. The van der Waals surface area contributed by atoms with Gasteiger partial charge in [0.1, 0.15) is 0 Å². The van der Waals surface area contributed by atoms with Crippen LogP contribution in [0.2, 0.25) is 0 Å². The van der Waals surface area contributed by atoms with E-state index in [9.17, 15) is 5.11 Å². The fraction of sp³-hybridized carbons (Fsp3) is 1.00. The fourth-order valence-electron chi connectivity index (χ4n) is 1.92. The molecule has 3 unspecified atom stereocenters. The first-order chi connectivity index (χ1) is 6.24. The summed E-state index contributed by atoms with van der Waals surface area (Å²) in [5.41, 5.74) is 0. The first-order valence-electron chi connectivity index (χ1n) is 5.14. The molecule has 78 valence electrons. The highest BCUT2D eigenvalue weighted by Crippen LogP contribution is 2.24. The van der Waals surface area contributed by atoms with Gasteiger partial charge in [-0.15, -0.1) is 0 Å². The Bertz CT molecular complexity index is 141. The van der Waals surface area contributed by atoms with Gasteiger partial charge in [-0.05, 0) is 25.7 Å². The quantitative estimate of drug-likeness (QED) is 0.668. The van der Waals surface area contributed by atoms with E-state index >= 15 is 0 Å². The molecule has 1 aliphatic carbocycles. The van der Waals surface area contributed by atoms with E-state index in [1.165, 1.54) is 6.42 Å². The minimum absolute atomic E-state index is 0.0813. The molecule has 0 spiro atoms. The highest BCUT2D eigenvalue weighted by Gasteiger charge is 2.24. The van der Waals surface area contributed by atoms with Crippen molar-refractivity contribution in [2.24, 2.45) is 5.92 Å². The van der Waals surface area contributed by atoms with Crippen LogP contribution in [0.4, 0.5) is 0 Å². The summed E-state index contributed by atoms with van der Waals surface area (Å²) in [5.74, 6) is 0.458. The van der Waals surface area contributed by atoms with Gasteiger partial charge in [-0.25, -0.2) is 0 Å². The molecule has 0 bridgehead atoms. The molecule has 0 heterocycles. The van der Waals surface area contributed by atoms with Crippen molar-refractivity contribution >= 4 is 0 Å². The number of hydrogen-bond acceptors (Lipinski definition) is 3. The summed E-state index contributed by atoms with van der Waals surface area (Å²) in [6, 6.07) is 0.387. The van der Waals surface area contributed by atoms with Crippen LogP contribution in [0.15, 0.2) is 0 Å². The molecule has 0 aliphatic heterocycles. The SMILES string of the molecule is COCC(C)NCC1CCCC1O. The molecule has 13 heavy (non-hydrogen) atoms. The van der Waals surface area contributed by atoms with Crippen LogP contribution in [-0.4, -0.2) is 37.5 Å². The monoisotopic (exact) mass is 187 g/mol. The van der Waals surface area contributed by atoms with Crippen molar-refractivity contribution in [2.45, 2.75) is 38.3 Å². The van der Waals surface area contributed by atoms with Crippen molar-refractivity contribution in [1.29, 1.82) is 0 Å². The predicted octanol–water partition coefficient (Wildman–Crippen LogP) is 0.772. The first kappa shape index (κ1) is 11.0. The molecule has 3 atom stereocenters. The van der Waals surface area contributed by atoms with E-state index in [0.717, 1.165) is 26.0 Å². The van der Waals surface area contributed by atoms with Crippen LogP contribution in [0, 0.1) is 5.92 Å². The number of hydrogen-bond donors (Lipinski definition) is 2. The number of nitrogens with one attached hydrogen (secondary N) is 1. The molecule has 1 saturated carbocycles. The topological polar surface area (TPSA) is 41.5 Å². The lowest BCUT2D eigenvalue weighted by Crippen LogP contribution is -2.36. The number of aliphatic hydroxyl groups excluding tert-OH is 1. The van der Waals surface area contributed by atoms with Crippen LogP contribution in [0.25, 0.3) is 0 Å². The zero-order chi connectivity index (χ0) is 9.68. The average Bonchev–Trinajstić information content (AvgIpc) is 2.48. The second-order valence-electron chi connectivity index (χ2n) is 4.02. The molecule has 0 aromatic carbocycles. The number of ether oxygens (including phenoxy) is 1. The van der Waals surface area contributed by atoms with Crippen LogP contribution < -0.4 is 5.32 Å². The predicted molar refractivity (Wildman–Crippen MR) is 52.7 cm³/mol. The van der Waals surface area contributed by atoms with Crippen molar-refractivity contribution in [3.8, 4) is 0 Å². The summed E-state index contributed by atoms with van der Waals surface area (Å²) >= 11 is 0. The lowest BCUT2D eigenvalue weighted by molar-refractivity contribution is 0.123. The smallest absolute Gasteiger partial charge is 0.0613 e. The van der Waals surface area contributed by atoms with Gasteiger partial charge in [0.2, 0.25) is 0 Å². The van der Waals surface area contributed by atoms with Crippen LogP contribution in [0.3, 0.4) is 0 Å². The molecular formula is C10H21NO2. The van der Waals surface area contributed by atoms with Crippen LogP contribution in [0.1, 0.15) is 26.2 Å². The molecular weight excluding hydrogens is 166 g/mol. The molecule has 1 rings (SSSR count). The molecule has 0 aromatic heterocycles. The second kappa shape index (κ2) is 5.58. The Balaban J connectivity index is 2.10. The maximum atomic E-state index is 9.56. The Morgan fingerprint density at radius 3 is 2.85 bits per heavy atom. The van der Waals surface area contributed by atoms with E-state index in [4.69, 9.17) is 4.74 Å². The average molecular weight is 187 g/mol. The molecule has 3 nitrogen and oxygen atoms in total. The number of methoxy groups -OCH3 is 1. The van der Waals surface area contributed by atoms with Crippen molar-refractivity contribution in [3.05, 3.63) is 0 Å². The van der Waals surface area contributed by atoms with E-state index in [2.05, 4.69) is 12.2 Å². The maximum Gasteiger partial charge on any atom is 0.0613 e. The molecule has 1 fully saturated rings. The summed E-state index contributed by atoms with van der Waals surface area (Å²) < 4.78 is 5.02. The summed E-state index contributed by atoms with van der Waals surface area (Å²) in [6.07, 6.45) is 3.23. The van der Waals surface area contributed by atoms with E-state index in [1.54, 1.807) is 7.11 Å². The molecule has 0 aromatic rings. The maximum absolute atomic E-state index is 9.56.